The van der Waals surface area contributed by atoms with E-state index in [2.05, 4.69) is 17.4 Å². The lowest BCUT2D eigenvalue weighted by Gasteiger charge is -2.17. The first-order valence-corrected chi connectivity index (χ1v) is 8.44. The van der Waals surface area contributed by atoms with Crippen molar-refractivity contribution in [3.05, 3.63) is 54.6 Å². The molecule has 25 heavy (non-hydrogen) atoms. The van der Waals surface area contributed by atoms with Crippen molar-refractivity contribution in [3.63, 3.8) is 0 Å². The van der Waals surface area contributed by atoms with E-state index in [1.165, 1.54) is 12.7 Å². The number of benzene rings is 1. The molecule has 0 aliphatic carbocycles. The van der Waals surface area contributed by atoms with Gasteiger partial charge in [-0.2, -0.15) is 0 Å². The van der Waals surface area contributed by atoms with Gasteiger partial charge < -0.3 is 10.1 Å². The van der Waals surface area contributed by atoms with Crippen molar-refractivity contribution < 1.29 is 18.9 Å². The molecule has 0 spiro atoms. The van der Waals surface area contributed by atoms with Gasteiger partial charge in [-0.25, -0.2) is 13.9 Å². The summed E-state index contributed by atoms with van der Waals surface area (Å²) < 4.78 is 8.57. The highest BCUT2D eigenvalue weighted by molar-refractivity contribution is 5.84. The van der Waals surface area contributed by atoms with Gasteiger partial charge in [-0.1, -0.05) is 44.2 Å². The number of aromatic nitrogens is 2. The van der Waals surface area contributed by atoms with Crippen LogP contribution in [0.4, 0.5) is 0 Å². The number of rotatable bonds is 8. The second-order valence-corrected chi connectivity index (χ2v) is 6.52. The molecule has 0 fully saturated rings. The highest BCUT2D eigenvalue weighted by Crippen LogP contribution is 2.06. The molecule has 6 heteroatoms. The minimum Gasteiger partial charge on any atom is -0.467 e. The van der Waals surface area contributed by atoms with Gasteiger partial charge in [-0.15, -0.1) is 0 Å². The van der Waals surface area contributed by atoms with Gasteiger partial charge in [0.05, 0.1) is 7.11 Å². The lowest BCUT2D eigenvalue weighted by molar-refractivity contribution is -0.687. The number of hydrogen-bond donors (Lipinski definition) is 1. The Labute approximate surface area is 148 Å². The highest BCUT2D eigenvalue weighted by Gasteiger charge is 2.23. The zero-order valence-electron chi connectivity index (χ0n) is 15.0. The Morgan fingerprint density at radius 1 is 1.24 bits per heavy atom. The van der Waals surface area contributed by atoms with E-state index < -0.39 is 12.0 Å². The Bertz CT molecular complexity index is 695. The third kappa shape index (κ3) is 6.06. The topological polar surface area (TPSA) is 64.2 Å². The van der Waals surface area contributed by atoms with E-state index in [9.17, 15) is 9.59 Å². The van der Waals surface area contributed by atoms with Crippen LogP contribution in [0.3, 0.4) is 0 Å². The SMILES string of the molecule is COC(=O)[C@H](CC(C)C)NC(=O)Cn1cc[n+](Cc2ccccc2)c1. The second-order valence-electron chi connectivity index (χ2n) is 6.52. The first kappa shape index (κ1) is 18.7. The molecule has 1 aromatic carbocycles. The fourth-order valence-electron chi connectivity index (χ4n) is 2.65. The largest absolute Gasteiger partial charge is 0.467 e. The summed E-state index contributed by atoms with van der Waals surface area (Å²) in [4.78, 5) is 24.0. The second kappa shape index (κ2) is 9.01. The summed E-state index contributed by atoms with van der Waals surface area (Å²) in [6, 6.07) is 9.50. The fraction of sp³-hybridized carbons (Fsp3) is 0.421. The summed E-state index contributed by atoms with van der Waals surface area (Å²) in [5.74, 6) is -0.337. The van der Waals surface area contributed by atoms with Crippen LogP contribution in [-0.4, -0.2) is 29.6 Å². The Morgan fingerprint density at radius 3 is 2.60 bits per heavy atom. The number of amides is 1. The Kier molecular flexibility index (Phi) is 6.74. The van der Waals surface area contributed by atoms with Gasteiger partial charge in [0, 0.05) is 0 Å². The van der Waals surface area contributed by atoms with Crippen molar-refractivity contribution in [2.24, 2.45) is 5.92 Å². The zero-order valence-corrected chi connectivity index (χ0v) is 15.0. The van der Waals surface area contributed by atoms with Crippen LogP contribution in [0.25, 0.3) is 0 Å². The molecule has 2 aromatic rings. The van der Waals surface area contributed by atoms with Crippen molar-refractivity contribution in [1.29, 1.82) is 0 Å². The van der Waals surface area contributed by atoms with Crippen LogP contribution in [0.15, 0.2) is 49.1 Å². The van der Waals surface area contributed by atoms with Crippen LogP contribution in [0.5, 0.6) is 0 Å². The molecule has 0 radical (unpaired) electrons. The molecule has 0 aliphatic heterocycles. The van der Waals surface area contributed by atoms with E-state index in [1.54, 1.807) is 4.57 Å². The van der Waals surface area contributed by atoms with Crippen LogP contribution >= 0.6 is 0 Å². The third-order valence-electron chi connectivity index (χ3n) is 3.81. The molecule has 134 valence electrons. The predicted molar refractivity (Wildman–Crippen MR) is 93.6 cm³/mol. The molecule has 0 bridgehead atoms. The lowest BCUT2D eigenvalue weighted by atomic mass is 10.0. The fourth-order valence-corrected chi connectivity index (χ4v) is 2.65. The number of methoxy groups -OCH3 is 1. The van der Waals surface area contributed by atoms with E-state index >= 15 is 0 Å². The first-order valence-electron chi connectivity index (χ1n) is 8.44. The van der Waals surface area contributed by atoms with Gasteiger partial charge >= 0.3 is 5.97 Å². The van der Waals surface area contributed by atoms with E-state index in [0.29, 0.717) is 6.42 Å². The quantitative estimate of drug-likeness (QED) is 0.583. The van der Waals surface area contributed by atoms with E-state index in [0.717, 1.165) is 6.54 Å². The van der Waals surface area contributed by atoms with Gasteiger partial charge in [0.15, 0.2) is 6.54 Å². The molecule has 0 aliphatic rings. The average molecular weight is 344 g/mol. The maximum Gasteiger partial charge on any atom is 0.328 e. The number of esters is 1. The van der Waals surface area contributed by atoms with Crippen LogP contribution in [-0.2, 0) is 27.4 Å². The minimum atomic E-state index is -0.607. The van der Waals surface area contributed by atoms with Gasteiger partial charge in [0.25, 0.3) is 5.91 Å². The number of nitrogens with one attached hydrogen (secondary N) is 1. The van der Waals surface area contributed by atoms with E-state index in [4.69, 9.17) is 4.74 Å². The van der Waals surface area contributed by atoms with Crippen molar-refractivity contribution in [2.75, 3.05) is 7.11 Å². The van der Waals surface area contributed by atoms with Crippen molar-refractivity contribution >= 4 is 11.9 Å². The number of carbonyl (C=O) groups excluding carboxylic acids is 2. The maximum atomic E-state index is 12.2. The van der Waals surface area contributed by atoms with Crippen molar-refractivity contribution in [2.45, 2.75) is 39.4 Å². The summed E-state index contributed by atoms with van der Waals surface area (Å²) >= 11 is 0. The predicted octanol–water partition coefficient (Wildman–Crippen LogP) is 1.53. The van der Waals surface area contributed by atoms with Gasteiger partial charge in [-0.3, -0.25) is 4.79 Å². The normalized spacial score (nSPS) is 12.0. The Morgan fingerprint density at radius 2 is 1.96 bits per heavy atom. The molecule has 0 saturated heterocycles. The van der Waals surface area contributed by atoms with Crippen molar-refractivity contribution in [3.8, 4) is 0 Å². The van der Waals surface area contributed by atoms with Crippen LogP contribution in [0.1, 0.15) is 25.8 Å². The molecule has 1 atom stereocenters. The van der Waals surface area contributed by atoms with E-state index in [-0.39, 0.29) is 18.4 Å². The number of imidazole rings is 1. The average Bonchev–Trinajstić information content (AvgIpc) is 3.00. The number of ether oxygens (including phenoxy) is 1. The Balaban J connectivity index is 1.92. The van der Waals surface area contributed by atoms with E-state index in [1.807, 2.05) is 55.3 Å². The highest BCUT2D eigenvalue weighted by atomic mass is 16.5. The molecular weight excluding hydrogens is 318 g/mol. The molecule has 1 aromatic heterocycles. The van der Waals surface area contributed by atoms with Gasteiger partial charge in [-0.05, 0) is 17.9 Å². The summed E-state index contributed by atoms with van der Waals surface area (Å²) in [7, 11) is 1.33. The molecule has 0 saturated carbocycles. The molecular formula is C19H26N3O3+. The number of carbonyl (C=O) groups is 2. The van der Waals surface area contributed by atoms with Crippen LogP contribution in [0.2, 0.25) is 0 Å². The standard InChI is InChI=1S/C19H25N3O3/c1-15(2)11-17(19(24)25-3)20-18(23)13-22-10-9-21(14-22)12-16-7-5-4-6-8-16/h4-10,14-15,17H,11-13H2,1-3H3/p+1/t17-/m0/s1. The summed E-state index contributed by atoms with van der Waals surface area (Å²) in [5.41, 5.74) is 1.19. The molecule has 1 N–H and O–H groups in total. The lowest BCUT2D eigenvalue weighted by Crippen LogP contribution is -2.43. The van der Waals surface area contributed by atoms with Gasteiger partial charge in [0.2, 0.25) is 6.33 Å². The molecule has 0 unspecified atom stereocenters. The molecule has 1 amide bonds. The zero-order chi connectivity index (χ0) is 18.2. The van der Waals surface area contributed by atoms with Gasteiger partial charge in [0.1, 0.15) is 25.0 Å². The Hall–Kier alpha value is -2.63. The van der Waals surface area contributed by atoms with Crippen LogP contribution in [0, 0.1) is 5.92 Å². The monoisotopic (exact) mass is 344 g/mol. The summed E-state index contributed by atoms with van der Waals surface area (Å²) in [6.07, 6.45) is 6.20. The smallest absolute Gasteiger partial charge is 0.328 e. The number of hydrogen-bond acceptors (Lipinski definition) is 3. The minimum absolute atomic E-state index is 0.160. The molecule has 1 heterocycles. The first-order chi connectivity index (χ1) is 12.0. The molecule has 2 rings (SSSR count). The van der Waals surface area contributed by atoms with Crippen LogP contribution < -0.4 is 9.88 Å². The third-order valence-corrected chi connectivity index (χ3v) is 3.81. The maximum absolute atomic E-state index is 12.2. The number of nitrogens with zero attached hydrogens (tertiary/aromatic N) is 2. The summed E-state index contributed by atoms with van der Waals surface area (Å²) in [6.45, 7) is 4.90. The summed E-state index contributed by atoms with van der Waals surface area (Å²) in [5, 5.41) is 2.76. The van der Waals surface area contributed by atoms with Crippen molar-refractivity contribution in [1.82, 2.24) is 9.88 Å². The molecule has 6 nitrogen and oxygen atoms in total.